The predicted molar refractivity (Wildman–Crippen MR) is 74.7 cm³/mol. The minimum atomic E-state index is 0.446. The molecule has 0 saturated carbocycles. The first-order valence-corrected chi connectivity index (χ1v) is 6.92. The van der Waals surface area contributed by atoms with Crippen LogP contribution in [0.1, 0.15) is 41.7 Å². The molecule has 1 atom stereocenters. The van der Waals surface area contributed by atoms with Crippen LogP contribution in [0.25, 0.3) is 0 Å². The molecule has 1 aromatic carbocycles. The van der Waals surface area contributed by atoms with Crippen LogP contribution in [0.3, 0.4) is 0 Å². The second-order valence-electron chi connectivity index (χ2n) is 5.25. The van der Waals surface area contributed by atoms with Crippen LogP contribution in [0.15, 0.2) is 24.3 Å². The average Bonchev–Trinajstić information content (AvgIpc) is 2.76. The Morgan fingerprint density at radius 3 is 2.95 bits per heavy atom. The molecule has 0 fully saturated rings. The zero-order valence-corrected chi connectivity index (χ0v) is 11.6. The number of nitrogens with one attached hydrogen (secondary N) is 1. The molecule has 100 valence electrons. The highest BCUT2D eigenvalue weighted by Crippen LogP contribution is 2.29. The molecular formula is C15H20N4. The second kappa shape index (κ2) is 5.13. The standard InChI is InChI=1S/C15H20N4/c1-11-17-18-15(19(11)2)10-16-14-9-5-7-12-6-3-4-8-13(12)14/h3-4,6,8,14,16H,5,7,9-10H2,1-2H3. The Labute approximate surface area is 113 Å². The summed E-state index contributed by atoms with van der Waals surface area (Å²) in [6, 6.07) is 9.20. The first kappa shape index (κ1) is 12.4. The molecule has 19 heavy (non-hydrogen) atoms. The van der Waals surface area contributed by atoms with E-state index in [-0.39, 0.29) is 0 Å². The van der Waals surface area contributed by atoms with E-state index in [0.29, 0.717) is 6.04 Å². The van der Waals surface area contributed by atoms with Crippen LogP contribution in [-0.4, -0.2) is 14.8 Å². The van der Waals surface area contributed by atoms with Gasteiger partial charge >= 0.3 is 0 Å². The number of hydrogen-bond donors (Lipinski definition) is 1. The minimum absolute atomic E-state index is 0.446. The normalized spacial score (nSPS) is 18.3. The van der Waals surface area contributed by atoms with Gasteiger partial charge in [-0.1, -0.05) is 24.3 Å². The number of fused-ring (bicyclic) bond motifs is 1. The lowest BCUT2D eigenvalue weighted by atomic mass is 9.88. The Morgan fingerprint density at radius 2 is 2.16 bits per heavy atom. The molecule has 4 nitrogen and oxygen atoms in total. The molecule has 1 heterocycles. The zero-order chi connectivity index (χ0) is 13.2. The zero-order valence-electron chi connectivity index (χ0n) is 11.6. The Kier molecular flexibility index (Phi) is 3.34. The Morgan fingerprint density at radius 1 is 1.32 bits per heavy atom. The molecule has 4 heteroatoms. The quantitative estimate of drug-likeness (QED) is 0.916. The summed E-state index contributed by atoms with van der Waals surface area (Å²) in [6.45, 7) is 2.75. The van der Waals surface area contributed by atoms with Gasteiger partial charge in [-0.05, 0) is 37.3 Å². The fourth-order valence-electron chi connectivity index (χ4n) is 2.79. The minimum Gasteiger partial charge on any atom is -0.317 e. The van der Waals surface area contributed by atoms with Crippen molar-refractivity contribution in [1.82, 2.24) is 20.1 Å². The first-order valence-electron chi connectivity index (χ1n) is 6.92. The molecule has 2 aromatic rings. The molecule has 1 aromatic heterocycles. The van der Waals surface area contributed by atoms with Gasteiger partial charge in [-0.15, -0.1) is 10.2 Å². The maximum atomic E-state index is 4.21. The largest absolute Gasteiger partial charge is 0.317 e. The van der Waals surface area contributed by atoms with Crippen molar-refractivity contribution < 1.29 is 0 Å². The van der Waals surface area contributed by atoms with Gasteiger partial charge in [0.2, 0.25) is 0 Å². The van der Waals surface area contributed by atoms with Crippen molar-refractivity contribution >= 4 is 0 Å². The molecule has 0 amide bonds. The molecule has 0 aliphatic heterocycles. The van der Waals surface area contributed by atoms with Gasteiger partial charge in [0.05, 0.1) is 6.54 Å². The second-order valence-corrected chi connectivity index (χ2v) is 5.25. The summed E-state index contributed by atoms with van der Waals surface area (Å²) in [5, 5.41) is 11.9. The van der Waals surface area contributed by atoms with Crippen molar-refractivity contribution in [3.8, 4) is 0 Å². The molecule has 1 N–H and O–H groups in total. The van der Waals surface area contributed by atoms with E-state index in [1.807, 2.05) is 18.5 Å². The Hall–Kier alpha value is -1.68. The first-order chi connectivity index (χ1) is 9.25. The van der Waals surface area contributed by atoms with E-state index >= 15 is 0 Å². The molecule has 3 rings (SSSR count). The summed E-state index contributed by atoms with van der Waals surface area (Å²) in [5.41, 5.74) is 2.94. The van der Waals surface area contributed by atoms with E-state index in [4.69, 9.17) is 0 Å². The van der Waals surface area contributed by atoms with Crippen molar-refractivity contribution in [3.63, 3.8) is 0 Å². The summed E-state index contributed by atoms with van der Waals surface area (Å²) >= 11 is 0. The average molecular weight is 256 g/mol. The van der Waals surface area contributed by atoms with E-state index in [1.54, 1.807) is 0 Å². The van der Waals surface area contributed by atoms with Crippen molar-refractivity contribution in [3.05, 3.63) is 47.0 Å². The van der Waals surface area contributed by atoms with Crippen LogP contribution in [-0.2, 0) is 20.0 Å². The van der Waals surface area contributed by atoms with Gasteiger partial charge in [-0.2, -0.15) is 0 Å². The van der Waals surface area contributed by atoms with Crippen LogP contribution in [0.5, 0.6) is 0 Å². The molecule has 1 unspecified atom stereocenters. The van der Waals surface area contributed by atoms with Crippen molar-refractivity contribution in [2.24, 2.45) is 7.05 Å². The molecule has 0 bridgehead atoms. The Bertz CT molecular complexity index is 573. The third kappa shape index (κ3) is 2.40. The van der Waals surface area contributed by atoms with Gasteiger partial charge in [0, 0.05) is 13.1 Å². The summed E-state index contributed by atoms with van der Waals surface area (Å²) in [4.78, 5) is 0. The van der Waals surface area contributed by atoms with Gasteiger partial charge < -0.3 is 9.88 Å². The molecule has 0 spiro atoms. The number of hydrogen-bond acceptors (Lipinski definition) is 3. The third-order valence-corrected chi connectivity index (χ3v) is 4.06. The lowest BCUT2D eigenvalue weighted by Gasteiger charge is -2.26. The monoisotopic (exact) mass is 256 g/mol. The lowest BCUT2D eigenvalue weighted by Crippen LogP contribution is -2.26. The highest BCUT2D eigenvalue weighted by Gasteiger charge is 2.19. The maximum Gasteiger partial charge on any atom is 0.146 e. The fraction of sp³-hybridized carbons (Fsp3) is 0.467. The van der Waals surface area contributed by atoms with Crippen molar-refractivity contribution in [1.29, 1.82) is 0 Å². The number of aryl methyl sites for hydroxylation is 2. The summed E-state index contributed by atoms with van der Waals surface area (Å²) < 4.78 is 2.04. The number of nitrogens with zero attached hydrogens (tertiary/aromatic N) is 3. The highest BCUT2D eigenvalue weighted by molar-refractivity contribution is 5.32. The third-order valence-electron chi connectivity index (χ3n) is 4.06. The SMILES string of the molecule is Cc1nnc(CNC2CCCc3ccccc32)n1C. The van der Waals surface area contributed by atoms with Crippen molar-refractivity contribution in [2.45, 2.75) is 38.8 Å². The van der Waals surface area contributed by atoms with Crippen LogP contribution < -0.4 is 5.32 Å². The smallest absolute Gasteiger partial charge is 0.146 e. The van der Waals surface area contributed by atoms with Crippen molar-refractivity contribution in [2.75, 3.05) is 0 Å². The van der Waals surface area contributed by atoms with Gasteiger partial charge in [0.1, 0.15) is 11.6 Å². The van der Waals surface area contributed by atoms with Crippen LogP contribution >= 0.6 is 0 Å². The molecule has 1 aliphatic rings. The highest BCUT2D eigenvalue weighted by atomic mass is 15.3. The Balaban J connectivity index is 1.73. The molecular weight excluding hydrogens is 236 g/mol. The molecule has 1 aliphatic carbocycles. The van der Waals surface area contributed by atoms with Crippen LogP contribution in [0.2, 0.25) is 0 Å². The van der Waals surface area contributed by atoms with Crippen LogP contribution in [0.4, 0.5) is 0 Å². The summed E-state index contributed by atoms with van der Waals surface area (Å²) in [5.74, 6) is 1.96. The topological polar surface area (TPSA) is 42.7 Å². The van der Waals surface area contributed by atoms with Gasteiger partial charge in [0.15, 0.2) is 0 Å². The fourth-order valence-corrected chi connectivity index (χ4v) is 2.79. The summed E-state index contributed by atoms with van der Waals surface area (Å²) in [6.07, 6.45) is 3.66. The summed E-state index contributed by atoms with van der Waals surface area (Å²) in [7, 11) is 2.02. The van der Waals surface area contributed by atoms with E-state index in [9.17, 15) is 0 Å². The number of benzene rings is 1. The van der Waals surface area contributed by atoms with Gasteiger partial charge in [0.25, 0.3) is 0 Å². The van der Waals surface area contributed by atoms with Gasteiger partial charge in [-0.3, -0.25) is 0 Å². The lowest BCUT2D eigenvalue weighted by molar-refractivity contribution is 0.449. The maximum absolute atomic E-state index is 4.21. The number of rotatable bonds is 3. The number of aromatic nitrogens is 3. The van der Waals surface area contributed by atoms with E-state index in [0.717, 1.165) is 18.2 Å². The van der Waals surface area contributed by atoms with E-state index in [1.165, 1.54) is 30.4 Å². The molecule has 0 saturated heterocycles. The van der Waals surface area contributed by atoms with Gasteiger partial charge in [-0.25, -0.2) is 0 Å². The van der Waals surface area contributed by atoms with E-state index < -0.39 is 0 Å². The van der Waals surface area contributed by atoms with Crippen LogP contribution in [0, 0.1) is 6.92 Å². The van der Waals surface area contributed by atoms with E-state index in [2.05, 4.69) is 39.8 Å². The predicted octanol–water partition coefficient (Wildman–Crippen LogP) is 2.29. The molecule has 0 radical (unpaired) electrons.